The van der Waals surface area contributed by atoms with Crippen molar-refractivity contribution < 1.29 is 23.2 Å². The first-order valence-corrected chi connectivity index (χ1v) is 12.0. The van der Waals surface area contributed by atoms with Gasteiger partial charge >= 0.3 is 0 Å². The highest BCUT2D eigenvalue weighted by molar-refractivity contribution is 9.09. The lowest BCUT2D eigenvalue weighted by Gasteiger charge is -2.26. The predicted molar refractivity (Wildman–Crippen MR) is 110 cm³/mol. The van der Waals surface area contributed by atoms with Crippen LogP contribution in [0.1, 0.15) is 10.4 Å². The zero-order chi connectivity index (χ0) is 20.8. The molecule has 0 heterocycles. The van der Waals surface area contributed by atoms with Crippen LogP contribution in [0.5, 0.6) is 0 Å². The number of alkyl halides is 2. The zero-order valence-corrected chi connectivity index (χ0v) is 18.9. The van der Waals surface area contributed by atoms with Gasteiger partial charge in [0.25, 0.3) is 11.6 Å². The number of halogens is 2. The number of aliphatic hydroxyl groups excluding tert-OH is 1. The average Bonchev–Trinajstić information content (AvgIpc) is 2.59. The molecular weight excluding hydrogens is 510 g/mol. The van der Waals surface area contributed by atoms with E-state index in [0.29, 0.717) is 23.7 Å². The minimum absolute atomic E-state index is 0.00827. The first-order chi connectivity index (χ1) is 12.6. The van der Waals surface area contributed by atoms with Crippen LogP contribution in [0.4, 0.5) is 11.4 Å². The molecule has 0 saturated carbocycles. The van der Waals surface area contributed by atoms with E-state index in [-0.39, 0.29) is 29.3 Å². The van der Waals surface area contributed by atoms with Crippen LogP contribution in [0.25, 0.3) is 0 Å². The van der Waals surface area contributed by atoms with E-state index in [4.69, 9.17) is 5.11 Å². The number of nitro benzene ring substituents is 1. The maximum atomic E-state index is 12.6. The van der Waals surface area contributed by atoms with E-state index >= 15 is 0 Å². The van der Waals surface area contributed by atoms with Gasteiger partial charge in [-0.05, 0) is 6.07 Å². The van der Waals surface area contributed by atoms with Gasteiger partial charge in [0.2, 0.25) is 0 Å². The van der Waals surface area contributed by atoms with Crippen molar-refractivity contribution in [3.8, 4) is 0 Å². The minimum Gasteiger partial charge on any atom is -0.395 e. The lowest BCUT2D eigenvalue weighted by Crippen LogP contribution is -2.32. The monoisotopic (exact) mass is 529 g/mol. The molecule has 0 unspecified atom stereocenters. The maximum Gasteiger partial charge on any atom is 0.283 e. The fraction of sp³-hybridized carbons (Fsp3) is 0.533. The van der Waals surface area contributed by atoms with Gasteiger partial charge in [0, 0.05) is 49.7 Å². The maximum absolute atomic E-state index is 12.6. The first-order valence-electron chi connectivity index (χ1n) is 7.84. The van der Waals surface area contributed by atoms with Crippen LogP contribution in [0, 0.1) is 10.1 Å². The van der Waals surface area contributed by atoms with Crippen molar-refractivity contribution in [3.63, 3.8) is 0 Å². The molecule has 0 atom stereocenters. The number of benzene rings is 1. The Balaban J connectivity index is 3.75. The molecule has 0 aliphatic heterocycles. The summed E-state index contributed by atoms with van der Waals surface area (Å²) in [5, 5.41) is 21.6. The van der Waals surface area contributed by atoms with Crippen LogP contribution in [0.3, 0.4) is 0 Å². The summed E-state index contributed by atoms with van der Waals surface area (Å²) in [4.78, 5) is 26.0. The van der Waals surface area contributed by atoms with E-state index in [2.05, 4.69) is 31.9 Å². The number of carbonyl (C=O) groups excluding carboxylic acids is 1. The summed E-state index contributed by atoms with van der Waals surface area (Å²) >= 11 is 6.61. The molecule has 1 amide bonds. The topological polar surface area (TPSA) is 121 Å². The van der Waals surface area contributed by atoms with E-state index < -0.39 is 26.4 Å². The number of likely N-dealkylation sites (N-methyl/N-ethyl adjacent to an activating group) is 1. The molecule has 152 valence electrons. The number of hydrogen-bond donors (Lipinski definition) is 1. The van der Waals surface area contributed by atoms with Gasteiger partial charge < -0.3 is 14.9 Å². The van der Waals surface area contributed by atoms with Gasteiger partial charge in [-0.25, -0.2) is 8.42 Å². The largest absolute Gasteiger partial charge is 0.395 e. The summed E-state index contributed by atoms with van der Waals surface area (Å²) in [6.45, 7) is 0.563. The van der Waals surface area contributed by atoms with E-state index in [0.717, 1.165) is 17.2 Å². The molecule has 1 aromatic rings. The summed E-state index contributed by atoms with van der Waals surface area (Å²) in [5.41, 5.74) is -0.596. The quantitative estimate of drug-likeness (QED) is 0.277. The number of amides is 1. The molecule has 27 heavy (non-hydrogen) atoms. The molecule has 0 fully saturated rings. The van der Waals surface area contributed by atoms with Crippen molar-refractivity contribution in [1.82, 2.24) is 4.90 Å². The predicted octanol–water partition coefficient (Wildman–Crippen LogP) is 1.66. The number of carbonyl (C=O) groups is 1. The van der Waals surface area contributed by atoms with Crippen molar-refractivity contribution in [2.45, 2.75) is 4.90 Å². The smallest absolute Gasteiger partial charge is 0.283 e. The SMILES string of the molecule is CN(CCO)C(=O)c1cc(N(CCBr)CCBr)c(S(C)(=O)=O)cc1[N+](=O)[O-]. The lowest BCUT2D eigenvalue weighted by atomic mass is 10.1. The Morgan fingerprint density at radius 1 is 1.22 bits per heavy atom. The number of aliphatic hydroxyl groups is 1. The summed E-state index contributed by atoms with van der Waals surface area (Å²) in [5.74, 6) is -0.672. The Morgan fingerprint density at radius 3 is 2.19 bits per heavy atom. The third-order valence-electron chi connectivity index (χ3n) is 3.74. The Labute approximate surface area is 174 Å². The molecule has 0 saturated heterocycles. The average molecular weight is 531 g/mol. The van der Waals surface area contributed by atoms with Crippen LogP contribution in [-0.2, 0) is 9.84 Å². The molecule has 0 aromatic heterocycles. The number of rotatable bonds is 10. The number of hydrogen-bond acceptors (Lipinski definition) is 7. The van der Waals surface area contributed by atoms with Gasteiger partial charge in [0.15, 0.2) is 9.84 Å². The standard InChI is InChI=1S/C15H21Br2N3O6S/c1-18(7-8-21)15(22)11-9-13(19(5-3-16)6-4-17)14(27(2,25)26)10-12(11)20(23)24/h9-10,21H,3-8H2,1-2H3. The Morgan fingerprint density at radius 2 is 1.78 bits per heavy atom. The summed E-state index contributed by atoms with van der Waals surface area (Å²) < 4.78 is 24.5. The van der Waals surface area contributed by atoms with E-state index in [1.165, 1.54) is 13.1 Å². The van der Waals surface area contributed by atoms with Gasteiger partial charge in [0.1, 0.15) is 5.56 Å². The highest BCUT2D eigenvalue weighted by Gasteiger charge is 2.30. The molecule has 0 aliphatic carbocycles. The van der Waals surface area contributed by atoms with Crippen LogP contribution in [-0.4, -0.2) is 79.5 Å². The number of anilines is 1. The molecule has 0 bridgehead atoms. The highest BCUT2D eigenvalue weighted by atomic mass is 79.9. The van der Waals surface area contributed by atoms with Crippen LogP contribution < -0.4 is 4.90 Å². The van der Waals surface area contributed by atoms with Gasteiger partial charge in [0.05, 0.1) is 22.1 Å². The second kappa shape index (κ2) is 10.3. The number of sulfone groups is 1. The van der Waals surface area contributed by atoms with Crippen molar-refractivity contribution in [2.24, 2.45) is 0 Å². The van der Waals surface area contributed by atoms with E-state index in [1.807, 2.05) is 0 Å². The lowest BCUT2D eigenvalue weighted by molar-refractivity contribution is -0.385. The van der Waals surface area contributed by atoms with Crippen molar-refractivity contribution in [2.75, 3.05) is 55.1 Å². The molecule has 9 nitrogen and oxygen atoms in total. The number of nitro groups is 1. The summed E-state index contributed by atoms with van der Waals surface area (Å²) in [6, 6.07) is 2.18. The van der Waals surface area contributed by atoms with Crippen molar-refractivity contribution in [1.29, 1.82) is 0 Å². The third-order valence-corrected chi connectivity index (χ3v) is 5.57. The molecule has 1 rings (SSSR count). The molecular formula is C15H21Br2N3O6S. The minimum atomic E-state index is -3.79. The van der Waals surface area contributed by atoms with Crippen molar-refractivity contribution in [3.05, 3.63) is 27.8 Å². The molecule has 0 spiro atoms. The molecule has 1 N–H and O–H groups in total. The summed E-state index contributed by atoms with van der Waals surface area (Å²) in [6.07, 6.45) is 0.968. The van der Waals surface area contributed by atoms with Gasteiger partial charge in [-0.3, -0.25) is 14.9 Å². The summed E-state index contributed by atoms with van der Waals surface area (Å²) in [7, 11) is -2.38. The number of nitrogens with zero attached hydrogens (tertiary/aromatic N) is 3. The normalized spacial score (nSPS) is 11.3. The second-order valence-corrected chi connectivity index (χ2v) is 9.25. The first kappa shape index (κ1) is 23.8. The van der Waals surface area contributed by atoms with Gasteiger partial charge in [-0.2, -0.15) is 0 Å². The molecule has 0 radical (unpaired) electrons. The second-order valence-electron chi connectivity index (χ2n) is 5.68. The molecule has 1 aromatic carbocycles. The fourth-order valence-electron chi connectivity index (χ4n) is 2.44. The van der Waals surface area contributed by atoms with Crippen LogP contribution >= 0.6 is 31.9 Å². The zero-order valence-electron chi connectivity index (χ0n) is 14.9. The Hall–Kier alpha value is -1.24. The van der Waals surface area contributed by atoms with Crippen LogP contribution in [0.2, 0.25) is 0 Å². The molecule has 12 heteroatoms. The van der Waals surface area contributed by atoms with E-state index in [1.54, 1.807) is 4.90 Å². The highest BCUT2D eigenvalue weighted by Crippen LogP contribution is 2.33. The molecule has 0 aliphatic rings. The van der Waals surface area contributed by atoms with Crippen molar-refractivity contribution >= 4 is 59.0 Å². The Kier molecular flexibility index (Phi) is 9.12. The Bertz CT molecular complexity index is 797. The third kappa shape index (κ3) is 6.13. The van der Waals surface area contributed by atoms with Crippen LogP contribution in [0.15, 0.2) is 17.0 Å². The fourth-order valence-corrected chi connectivity index (χ4v) is 4.19. The van der Waals surface area contributed by atoms with E-state index in [9.17, 15) is 23.3 Å². The van der Waals surface area contributed by atoms with Gasteiger partial charge in [-0.15, -0.1) is 0 Å². The van der Waals surface area contributed by atoms with Gasteiger partial charge in [-0.1, -0.05) is 31.9 Å².